The molecule has 0 amide bonds. The Morgan fingerprint density at radius 2 is 2.36 bits per heavy atom. The number of nitrogens with one attached hydrogen (secondary N) is 1. The number of aromatic amines is 1. The molecule has 4 heteroatoms. The van der Waals surface area contributed by atoms with Crippen LogP contribution in [0.3, 0.4) is 0 Å². The van der Waals surface area contributed by atoms with E-state index in [1.807, 2.05) is 13.8 Å². The van der Waals surface area contributed by atoms with Gasteiger partial charge in [0, 0.05) is 6.20 Å². The van der Waals surface area contributed by atoms with Crippen LogP contribution in [0.5, 0.6) is 0 Å². The summed E-state index contributed by atoms with van der Waals surface area (Å²) in [6.45, 7) is 3.96. The Labute approximate surface area is 65.0 Å². The minimum absolute atomic E-state index is 0.131. The molecule has 1 aromatic heterocycles. The van der Waals surface area contributed by atoms with Gasteiger partial charge in [-0.1, -0.05) is 19.1 Å². The molecular weight excluding hydrogens is 142 g/mol. The van der Waals surface area contributed by atoms with Gasteiger partial charge in [-0.3, -0.25) is 5.10 Å². The van der Waals surface area contributed by atoms with E-state index in [1.165, 1.54) is 0 Å². The van der Waals surface area contributed by atoms with Crippen LogP contribution in [-0.4, -0.2) is 21.7 Å². The van der Waals surface area contributed by atoms with E-state index in [1.54, 1.807) is 6.20 Å². The summed E-state index contributed by atoms with van der Waals surface area (Å²) in [6.07, 6.45) is 2.56. The molecule has 0 saturated heterocycles. The fraction of sp³-hybridized carbons (Fsp3) is 0.571. The first kappa shape index (κ1) is 7.91. The van der Waals surface area contributed by atoms with Crippen molar-refractivity contribution in [2.75, 3.05) is 0 Å². The van der Waals surface area contributed by atoms with Crippen LogP contribution in [0.1, 0.15) is 25.5 Å². The number of hydrogen-bond donors (Lipinski definition) is 1. The van der Waals surface area contributed by atoms with Crippen LogP contribution in [0.15, 0.2) is 6.20 Å². The van der Waals surface area contributed by atoms with Gasteiger partial charge in [-0.2, -0.15) is 0 Å². The van der Waals surface area contributed by atoms with E-state index in [-0.39, 0.29) is 11.8 Å². The maximum Gasteiger partial charge on any atom is 0.129 e. The second-order valence-electron chi connectivity index (χ2n) is 2.80. The number of carbonyl (C=O) groups is 1. The zero-order valence-corrected chi connectivity index (χ0v) is 6.61. The Morgan fingerprint density at radius 1 is 1.64 bits per heavy atom. The average Bonchev–Trinajstić information content (AvgIpc) is 2.40. The number of aromatic nitrogens is 3. The number of H-pyrrole nitrogens is 1. The van der Waals surface area contributed by atoms with Crippen molar-refractivity contribution in [1.82, 2.24) is 15.4 Å². The standard InChI is InChI=1S/C7H11N3O/c1-5(2)6(4-11)7-3-8-10-9-7/h3-6H,1-2H3,(H,8,9,10). The van der Waals surface area contributed by atoms with Crippen LogP contribution in [0.2, 0.25) is 0 Å². The van der Waals surface area contributed by atoms with Gasteiger partial charge in [0.25, 0.3) is 0 Å². The SMILES string of the molecule is CC(C)C(C=O)c1c[nH]nn1. The zero-order chi connectivity index (χ0) is 8.27. The van der Waals surface area contributed by atoms with Crippen LogP contribution in [0.4, 0.5) is 0 Å². The lowest BCUT2D eigenvalue weighted by Gasteiger charge is -2.09. The van der Waals surface area contributed by atoms with E-state index in [0.29, 0.717) is 0 Å². The van der Waals surface area contributed by atoms with Gasteiger partial charge in [0.05, 0.1) is 11.6 Å². The smallest absolute Gasteiger partial charge is 0.129 e. The molecule has 0 aromatic carbocycles. The number of nitrogens with zero attached hydrogens (tertiary/aromatic N) is 2. The van der Waals surface area contributed by atoms with Crippen LogP contribution in [-0.2, 0) is 4.79 Å². The Morgan fingerprint density at radius 3 is 2.73 bits per heavy atom. The lowest BCUT2D eigenvalue weighted by molar-refractivity contribution is -0.109. The highest BCUT2D eigenvalue weighted by molar-refractivity contribution is 5.60. The molecule has 1 heterocycles. The molecule has 1 atom stereocenters. The lowest BCUT2D eigenvalue weighted by Crippen LogP contribution is -2.08. The maximum atomic E-state index is 10.6. The second-order valence-corrected chi connectivity index (χ2v) is 2.80. The molecule has 1 N–H and O–H groups in total. The molecule has 0 aliphatic rings. The van der Waals surface area contributed by atoms with Gasteiger partial charge in [-0.05, 0) is 5.92 Å². The molecule has 0 saturated carbocycles. The molecular formula is C7H11N3O. The van der Waals surface area contributed by atoms with Crippen molar-refractivity contribution in [3.05, 3.63) is 11.9 Å². The van der Waals surface area contributed by atoms with Gasteiger partial charge in [0.1, 0.15) is 6.29 Å². The molecule has 0 spiro atoms. The number of carbonyl (C=O) groups excluding carboxylic acids is 1. The van der Waals surface area contributed by atoms with Crippen molar-refractivity contribution >= 4 is 6.29 Å². The number of aldehydes is 1. The molecule has 0 fully saturated rings. The summed E-state index contributed by atoms with van der Waals surface area (Å²) in [5, 5.41) is 9.89. The number of hydrogen-bond acceptors (Lipinski definition) is 3. The van der Waals surface area contributed by atoms with E-state index >= 15 is 0 Å². The van der Waals surface area contributed by atoms with Crippen LogP contribution >= 0.6 is 0 Å². The summed E-state index contributed by atoms with van der Waals surface area (Å²) in [5.74, 6) is 0.145. The first-order valence-corrected chi connectivity index (χ1v) is 3.57. The Kier molecular flexibility index (Phi) is 2.36. The summed E-state index contributed by atoms with van der Waals surface area (Å²) in [6, 6.07) is 0. The fourth-order valence-corrected chi connectivity index (χ4v) is 0.942. The van der Waals surface area contributed by atoms with Gasteiger partial charge in [0.2, 0.25) is 0 Å². The van der Waals surface area contributed by atoms with Crippen molar-refractivity contribution in [2.45, 2.75) is 19.8 Å². The quantitative estimate of drug-likeness (QED) is 0.651. The summed E-state index contributed by atoms with van der Waals surface area (Å²) in [7, 11) is 0. The van der Waals surface area contributed by atoms with E-state index in [4.69, 9.17) is 0 Å². The predicted molar refractivity (Wildman–Crippen MR) is 40.0 cm³/mol. The van der Waals surface area contributed by atoms with Gasteiger partial charge in [-0.15, -0.1) is 5.10 Å². The minimum Gasteiger partial charge on any atom is -0.303 e. The minimum atomic E-state index is -0.131. The molecule has 1 rings (SSSR count). The Balaban J connectivity index is 2.79. The van der Waals surface area contributed by atoms with Gasteiger partial charge in [-0.25, -0.2) is 0 Å². The highest BCUT2D eigenvalue weighted by Crippen LogP contribution is 2.18. The van der Waals surface area contributed by atoms with Crippen molar-refractivity contribution in [1.29, 1.82) is 0 Å². The van der Waals surface area contributed by atoms with Crippen molar-refractivity contribution in [3.63, 3.8) is 0 Å². The maximum absolute atomic E-state index is 10.6. The third-order valence-electron chi connectivity index (χ3n) is 1.64. The lowest BCUT2D eigenvalue weighted by atomic mass is 9.95. The highest BCUT2D eigenvalue weighted by atomic mass is 16.1. The highest BCUT2D eigenvalue weighted by Gasteiger charge is 2.16. The van der Waals surface area contributed by atoms with E-state index in [9.17, 15) is 4.79 Å². The second kappa shape index (κ2) is 3.27. The van der Waals surface area contributed by atoms with Crippen molar-refractivity contribution in [2.24, 2.45) is 5.92 Å². The normalized spacial score (nSPS) is 13.4. The molecule has 4 nitrogen and oxygen atoms in total. The average molecular weight is 153 g/mol. The molecule has 0 radical (unpaired) electrons. The summed E-state index contributed by atoms with van der Waals surface area (Å²) < 4.78 is 0. The molecule has 1 aromatic rings. The molecule has 0 bridgehead atoms. The molecule has 0 aliphatic heterocycles. The largest absolute Gasteiger partial charge is 0.303 e. The zero-order valence-electron chi connectivity index (χ0n) is 6.61. The van der Waals surface area contributed by atoms with E-state index in [0.717, 1.165) is 12.0 Å². The summed E-state index contributed by atoms with van der Waals surface area (Å²) in [4.78, 5) is 10.6. The van der Waals surface area contributed by atoms with Crippen LogP contribution in [0.25, 0.3) is 0 Å². The van der Waals surface area contributed by atoms with Crippen LogP contribution < -0.4 is 0 Å². The van der Waals surface area contributed by atoms with Crippen molar-refractivity contribution in [3.8, 4) is 0 Å². The van der Waals surface area contributed by atoms with Crippen LogP contribution in [0, 0.1) is 5.92 Å². The summed E-state index contributed by atoms with van der Waals surface area (Å²) in [5.41, 5.74) is 0.718. The molecule has 11 heavy (non-hydrogen) atoms. The summed E-state index contributed by atoms with van der Waals surface area (Å²) >= 11 is 0. The molecule has 60 valence electrons. The van der Waals surface area contributed by atoms with Gasteiger partial charge >= 0.3 is 0 Å². The molecule has 0 aliphatic carbocycles. The van der Waals surface area contributed by atoms with Crippen molar-refractivity contribution < 1.29 is 4.79 Å². The van der Waals surface area contributed by atoms with Gasteiger partial charge < -0.3 is 4.79 Å². The topological polar surface area (TPSA) is 58.6 Å². The third-order valence-corrected chi connectivity index (χ3v) is 1.64. The fourth-order valence-electron chi connectivity index (χ4n) is 0.942. The predicted octanol–water partition coefficient (Wildman–Crippen LogP) is 0.743. The Bertz CT molecular complexity index is 218. The van der Waals surface area contributed by atoms with E-state index < -0.39 is 0 Å². The number of rotatable bonds is 3. The molecule has 1 unspecified atom stereocenters. The van der Waals surface area contributed by atoms with Gasteiger partial charge in [0.15, 0.2) is 0 Å². The first-order chi connectivity index (χ1) is 5.25. The first-order valence-electron chi connectivity index (χ1n) is 3.57. The monoisotopic (exact) mass is 153 g/mol. The third kappa shape index (κ3) is 1.63. The van der Waals surface area contributed by atoms with E-state index in [2.05, 4.69) is 15.4 Å². The Hall–Kier alpha value is -1.19.